The fraction of sp³-hybridized carbons (Fsp3) is 0.375. The van der Waals surface area contributed by atoms with Crippen LogP contribution in [0.3, 0.4) is 0 Å². The zero-order valence-corrected chi connectivity index (χ0v) is 20.5. The molecule has 0 spiro atoms. The molecule has 0 aliphatic heterocycles. The van der Waals surface area contributed by atoms with Crippen molar-refractivity contribution in [2.45, 2.75) is 51.5 Å². The lowest BCUT2D eigenvalue weighted by molar-refractivity contribution is -0.134. The second-order valence-electron chi connectivity index (χ2n) is 7.79. The van der Waals surface area contributed by atoms with Crippen molar-refractivity contribution >= 4 is 32.9 Å². The molecule has 0 fully saturated rings. The second-order valence-corrected chi connectivity index (χ2v) is 9.72. The molecule has 182 valence electrons. The first-order valence-electron chi connectivity index (χ1n) is 11.3. The number of nitrogens with two attached hydrogens (primary N) is 1. The van der Waals surface area contributed by atoms with Crippen LogP contribution in [-0.2, 0) is 27.8 Å². The van der Waals surface area contributed by atoms with Crippen LogP contribution in [-0.4, -0.2) is 47.2 Å². The Kier molecular flexibility index (Phi) is 8.06. The van der Waals surface area contributed by atoms with E-state index >= 15 is 0 Å². The van der Waals surface area contributed by atoms with Gasteiger partial charge in [-0.2, -0.15) is 4.31 Å². The standard InChI is InChI=1S/C24H30N4O5S/c1-4-14-28-21-11-10-19(34(31,32)27(5-2)6-3)16-20(21)26-22(28)12-13-23(29)33-18-9-7-8-17(15-18)24(25)30/h7-11,15-16H,4-6,12-14H2,1-3H3,(H2,25,30). The van der Waals surface area contributed by atoms with Crippen molar-refractivity contribution in [3.05, 3.63) is 53.9 Å². The molecule has 0 aliphatic carbocycles. The number of imidazole rings is 1. The van der Waals surface area contributed by atoms with Crippen LogP contribution in [0.4, 0.5) is 0 Å². The average molecular weight is 487 g/mol. The number of ether oxygens (including phenoxy) is 1. The molecule has 34 heavy (non-hydrogen) atoms. The van der Waals surface area contributed by atoms with Crippen LogP contribution in [0.25, 0.3) is 11.0 Å². The largest absolute Gasteiger partial charge is 0.426 e. The number of carbonyl (C=O) groups is 2. The van der Waals surface area contributed by atoms with Gasteiger partial charge < -0.3 is 15.0 Å². The molecule has 1 amide bonds. The lowest BCUT2D eigenvalue weighted by atomic mass is 10.2. The van der Waals surface area contributed by atoms with E-state index in [2.05, 4.69) is 4.98 Å². The molecule has 0 radical (unpaired) electrons. The molecule has 0 saturated heterocycles. The van der Waals surface area contributed by atoms with E-state index in [1.165, 1.54) is 10.4 Å². The summed E-state index contributed by atoms with van der Waals surface area (Å²) in [5, 5.41) is 0. The summed E-state index contributed by atoms with van der Waals surface area (Å²) in [6.07, 6.45) is 1.24. The Morgan fingerprint density at radius 3 is 2.47 bits per heavy atom. The zero-order chi connectivity index (χ0) is 24.9. The number of hydrogen-bond acceptors (Lipinski definition) is 6. The minimum atomic E-state index is -3.60. The number of fused-ring (bicyclic) bond motifs is 1. The molecule has 3 aromatic rings. The molecule has 0 aliphatic rings. The third kappa shape index (κ3) is 5.45. The summed E-state index contributed by atoms with van der Waals surface area (Å²) in [6, 6.07) is 11.1. The smallest absolute Gasteiger partial charge is 0.311 e. The van der Waals surface area contributed by atoms with Crippen molar-refractivity contribution in [3.8, 4) is 5.75 Å². The van der Waals surface area contributed by atoms with Gasteiger partial charge in [0.25, 0.3) is 0 Å². The number of aryl methyl sites for hydroxylation is 2. The molecule has 2 aromatic carbocycles. The van der Waals surface area contributed by atoms with E-state index in [1.54, 1.807) is 50.2 Å². The van der Waals surface area contributed by atoms with Gasteiger partial charge in [-0.1, -0.05) is 26.8 Å². The number of benzene rings is 2. The minimum absolute atomic E-state index is 0.0679. The number of aromatic nitrogens is 2. The SMILES string of the molecule is CCCn1c(CCC(=O)Oc2cccc(C(N)=O)c2)nc2cc(S(=O)(=O)N(CC)CC)ccc21. The number of sulfonamides is 1. The maximum Gasteiger partial charge on any atom is 0.311 e. The highest BCUT2D eigenvalue weighted by Gasteiger charge is 2.23. The maximum absolute atomic E-state index is 12.9. The third-order valence-corrected chi connectivity index (χ3v) is 7.54. The van der Waals surface area contributed by atoms with Gasteiger partial charge in [0, 0.05) is 31.6 Å². The van der Waals surface area contributed by atoms with Crippen molar-refractivity contribution in [2.75, 3.05) is 13.1 Å². The molecular weight excluding hydrogens is 456 g/mol. The minimum Gasteiger partial charge on any atom is -0.426 e. The summed E-state index contributed by atoms with van der Waals surface area (Å²) in [6.45, 7) is 7.10. The molecule has 0 unspecified atom stereocenters. The first-order valence-corrected chi connectivity index (χ1v) is 12.7. The van der Waals surface area contributed by atoms with Gasteiger partial charge in [0.2, 0.25) is 15.9 Å². The summed E-state index contributed by atoms with van der Waals surface area (Å²) in [7, 11) is -3.60. The fourth-order valence-corrected chi connectivity index (χ4v) is 5.28. The van der Waals surface area contributed by atoms with E-state index in [1.807, 2.05) is 11.5 Å². The number of esters is 1. The van der Waals surface area contributed by atoms with Gasteiger partial charge >= 0.3 is 5.97 Å². The number of hydrogen-bond donors (Lipinski definition) is 1. The van der Waals surface area contributed by atoms with Crippen LogP contribution in [0.2, 0.25) is 0 Å². The van der Waals surface area contributed by atoms with Crippen molar-refractivity contribution in [3.63, 3.8) is 0 Å². The van der Waals surface area contributed by atoms with Gasteiger partial charge in [0.15, 0.2) is 0 Å². The molecule has 9 nitrogen and oxygen atoms in total. The Labute approximate surface area is 199 Å². The van der Waals surface area contributed by atoms with E-state index in [9.17, 15) is 18.0 Å². The highest BCUT2D eigenvalue weighted by atomic mass is 32.2. The Morgan fingerprint density at radius 2 is 1.82 bits per heavy atom. The van der Waals surface area contributed by atoms with Gasteiger partial charge in [0.1, 0.15) is 11.6 Å². The van der Waals surface area contributed by atoms with Crippen molar-refractivity contribution in [1.29, 1.82) is 0 Å². The number of rotatable bonds is 11. The van der Waals surface area contributed by atoms with Gasteiger partial charge in [-0.25, -0.2) is 13.4 Å². The van der Waals surface area contributed by atoms with Crippen LogP contribution < -0.4 is 10.5 Å². The monoisotopic (exact) mass is 486 g/mol. The lowest BCUT2D eigenvalue weighted by Crippen LogP contribution is -2.30. The van der Waals surface area contributed by atoms with E-state index < -0.39 is 21.9 Å². The summed E-state index contributed by atoms with van der Waals surface area (Å²) < 4.78 is 34.6. The van der Waals surface area contributed by atoms with Crippen LogP contribution in [0.1, 0.15) is 49.8 Å². The van der Waals surface area contributed by atoms with Gasteiger partial charge in [-0.05, 0) is 42.8 Å². The Balaban J connectivity index is 1.83. The van der Waals surface area contributed by atoms with Crippen molar-refractivity contribution < 1.29 is 22.7 Å². The van der Waals surface area contributed by atoms with E-state index in [0.717, 1.165) is 11.9 Å². The van der Waals surface area contributed by atoms with Gasteiger partial charge in [-0.3, -0.25) is 9.59 Å². The maximum atomic E-state index is 12.9. The number of nitrogens with zero attached hydrogens (tertiary/aromatic N) is 3. The molecule has 0 bridgehead atoms. The van der Waals surface area contributed by atoms with Gasteiger partial charge in [0.05, 0.1) is 22.3 Å². The number of primary amides is 1. The Morgan fingerprint density at radius 1 is 1.09 bits per heavy atom. The highest BCUT2D eigenvalue weighted by molar-refractivity contribution is 7.89. The summed E-state index contributed by atoms with van der Waals surface area (Å²) in [5.41, 5.74) is 6.91. The molecule has 10 heteroatoms. The average Bonchev–Trinajstić information content (AvgIpc) is 3.15. The second kappa shape index (κ2) is 10.8. The molecule has 3 rings (SSSR count). The molecular formula is C24H30N4O5S. The zero-order valence-electron chi connectivity index (χ0n) is 19.7. The molecule has 1 heterocycles. The van der Waals surface area contributed by atoms with Gasteiger partial charge in [-0.15, -0.1) is 0 Å². The van der Waals surface area contributed by atoms with Crippen LogP contribution in [0.15, 0.2) is 47.4 Å². The highest BCUT2D eigenvalue weighted by Crippen LogP contribution is 2.24. The summed E-state index contributed by atoms with van der Waals surface area (Å²) in [4.78, 5) is 28.6. The van der Waals surface area contributed by atoms with Crippen LogP contribution in [0, 0.1) is 0 Å². The lowest BCUT2D eigenvalue weighted by Gasteiger charge is -2.18. The molecule has 2 N–H and O–H groups in total. The Bertz CT molecular complexity index is 1300. The molecule has 0 saturated carbocycles. The Hall–Kier alpha value is -3.24. The topological polar surface area (TPSA) is 125 Å². The quantitative estimate of drug-likeness (QED) is 0.328. The summed E-state index contributed by atoms with van der Waals surface area (Å²) in [5.74, 6) is -0.151. The van der Waals surface area contributed by atoms with Crippen LogP contribution >= 0.6 is 0 Å². The van der Waals surface area contributed by atoms with E-state index in [-0.39, 0.29) is 22.6 Å². The van der Waals surface area contributed by atoms with Crippen molar-refractivity contribution in [1.82, 2.24) is 13.9 Å². The van der Waals surface area contributed by atoms with Crippen LogP contribution in [0.5, 0.6) is 5.75 Å². The first-order chi connectivity index (χ1) is 16.2. The van der Waals surface area contributed by atoms with E-state index in [0.29, 0.717) is 37.4 Å². The third-order valence-electron chi connectivity index (χ3n) is 5.49. The predicted octanol–water partition coefficient (Wildman–Crippen LogP) is 3.11. The summed E-state index contributed by atoms with van der Waals surface area (Å²) >= 11 is 0. The van der Waals surface area contributed by atoms with Crippen molar-refractivity contribution in [2.24, 2.45) is 5.73 Å². The molecule has 0 atom stereocenters. The fourth-order valence-electron chi connectivity index (χ4n) is 3.81. The predicted molar refractivity (Wildman–Crippen MR) is 129 cm³/mol. The van der Waals surface area contributed by atoms with E-state index in [4.69, 9.17) is 10.5 Å². The normalized spacial score (nSPS) is 11.8. The number of amides is 1. The number of carbonyl (C=O) groups excluding carboxylic acids is 2. The molecule has 1 aromatic heterocycles. The first kappa shape index (κ1) is 25.4.